The summed E-state index contributed by atoms with van der Waals surface area (Å²) < 4.78 is 0. The predicted octanol–water partition coefficient (Wildman–Crippen LogP) is 1.73. The Morgan fingerprint density at radius 1 is 1.28 bits per heavy atom. The third-order valence-electron chi connectivity index (χ3n) is 5.73. The lowest BCUT2D eigenvalue weighted by Gasteiger charge is -2.33. The number of fused-ring (bicyclic) bond motifs is 1. The third kappa shape index (κ3) is 3.94. The number of hydrogen-bond donors (Lipinski definition) is 5. The molecule has 1 aromatic carbocycles. The van der Waals surface area contributed by atoms with Gasteiger partial charge >= 0.3 is 0 Å². The summed E-state index contributed by atoms with van der Waals surface area (Å²) in [5.74, 6) is 1.21. The van der Waals surface area contributed by atoms with Crippen LogP contribution < -0.4 is 11.1 Å². The van der Waals surface area contributed by atoms with Crippen LogP contribution in [-0.4, -0.2) is 55.8 Å². The molecule has 3 aromatic rings. The summed E-state index contributed by atoms with van der Waals surface area (Å²) in [4.78, 5) is 14.3. The number of phenols is 1. The second-order valence-corrected chi connectivity index (χ2v) is 7.98. The number of anilines is 1. The van der Waals surface area contributed by atoms with Crippen LogP contribution in [0.15, 0.2) is 30.6 Å². The summed E-state index contributed by atoms with van der Waals surface area (Å²) in [5, 5.41) is 21.5. The van der Waals surface area contributed by atoms with Crippen molar-refractivity contribution in [2.24, 2.45) is 0 Å². The van der Waals surface area contributed by atoms with Gasteiger partial charge < -0.3 is 20.7 Å². The Morgan fingerprint density at radius 3 is 2.76 bits per heavy atom. The fourth-order valence-electron chi connectivity index (χ4n) is 4.01. The van der Waals surface area contributed by atoms with Crippen molar-refractivity contribution < 1.29 is 10.4 Å². The van der Waals surface area contributed by atoms with Gasteiger partial charge in [0.1, 0.15) is 23.5 Å². The number of aromatic nitrogens is 3. The van der Waals surface area contributed by atoms with Crippen molar-refractivity contribution in [3.05, 3.63) is 41.9 Å². The van der Waals surface area contributed by atoms with Crippen molar-refractivity contribution in [3.63, 3.8) is 0 Å². The third-order valence-corrected chi connectivity index (χ3v) is 5.73. The minimum atomic E-state index is 0.193. The highest BCUT2D eigenvalue weighted by molar-refractivity contribution is 6.16. The van der Waals surface area contributed by atoms with E-state index in [1.807, 2.05) is 6.07 Å². The Hall–Kier alpha value is -2.97. The van der Waals surface area contributed by atoms with Gasteiger partial charge in [0, 0.05) is 42.9 Å². The molecular weight excluding hydrogens is 366 g/mol. The summed E-state index contributed by atoms with van der Waals surface area (Å²) >= 11 is 0. The molecule has 8 nitrogen and oxygen atoms in total. The molecule has 1 saturated heterocycles. The molecule has 1 fully saturated rings. The lowest BCUT2D eigenvalue weighted by molar-refractivity contribution is -0.618. The first-order valence-corrected chi connectivity index (χ1v) is 10.0. The van der Waals surface area contributed by atoms with E-state index in [0.717, 1.165) is 36.8 Å². The zero-order valence-corrected chi connectivity index (χ0v) is 16.8. The normalized spacial score (nSPS) is 16.0. The van der Waals surface area contributed by atoms with Crippen LogP contribution in [0.4, 0.5) is 11.6 Å². The van der Waals surface area contributed by atoms with E-state index in [-0.39, 0.29) is 11.5 Å². The molecule has 0 saturated carbocycles. The van der Waals surface area contributed by atoms with Crippen LogP contribution in [0.2, 0.25) is 0 Å². The zero-order chi connectivity index (χ0) is 20.5. The molecule has 0 atom stereocenters. The van der Waals surface area contributed by atoms with Gasteiger partial charge in [0.05, 0.1) is 17.4 Å². The van der Waals surface area contributed by atoms with Crippen molar-refractivity contribution in [3.8, 4) is 5.75 Å². The number of nitrogen functional groups attached to an aromatic ring is 1. The van der Waals surface area contributed by atoms with Crippen LogP contribution in [0.1, 0.15) is 37.9 Å². The lowest BCUT2D eigenvalue weighted by Crippen LogP contribution is -2.86. The maximum atomic E-state index is 9.70. The fraction of sp³-hybridized carbons (Fsp3) is 0.381. The number of hydrogen-bond acceptors (Lipinski definition) is 6. The van der Waals surface area contributed by atoms with Gasteiger partial charge in [0.15, 0.2) is 0 Å². The summed E-state index contributed by atoms with van der Waals surface area (Å²) in [6.07, 6.45) is 3.60. The van der Waals surface area contributed by atoms with Gasteiger partial charge in [-0.25, -0.2) is 4.98 Å². The van der Waals surface area contributed by atoms with E-state index in [1.54, 1.807) is 18.2 Å². The number of benzene rings is 1. The molecule has 0 spiro atoms. The first kappa shape index (κ1) is 19.4. The van der Waals surface area contributed by atoms with E-state index in [2.05, 4.69) is 39.0 Å². The molecule has 3 heterocycles. The molecule has 4 rings (SSSR count). The zero-order valence-electron chi connectivity index (χ0n) is 16.8. The molecule has 0 aliphatic carbocycles. The number of rotatable bonds is 5. The molecule has 0 amide bonds. The summed E-state index contributed by atoms with van der Waals surface area (Å²) in [7, 11) is 0. The van der Waals surface area contributed by atoms with Crippen LogP contribution in [0, 0.1) is 5.41 Å². The summed E-state index contributed by atoms with van der Waals surface area (Å²) in [5.41, 5.74) is 8.45. The minimum absolute atomic E-state index is 0.193. The van der Waals surface area contributed by atoms with Gasteiger partial charge in [0.2, 0.25) is 5.82 Å². The van der Waals surface area contributed by atoms with Gasteiger partial charge in [-0.1, -0.05) is 0 Å². The van der Waals surface area contributed by atoms with Gasteiger partial charge in [0.25, 0.3) is 0 Å². The van der Waals surface area contributed by atoms with Crippen LogP contribution >= 0.6 is 0 Å². The molecule has 8 heteroatoms. The quantitative estimate of drug-likeness (QED) is 0.421. The predicted molar refractivity (Wildman–Crippen MR) is 114 cm³/mol. The molecule has 2 aromatic heterocycles. The average molecular weight is 395 g/mol. The molecule has 29 heavy (non-hydrogen) atoms. The molecule has 1 aliphatic heterocycles. The van der Waals surface area contributed by atoms with Gasteiger partial charge in [-0.2, -0.15) is 4.98 Å². The molecule has 0 unspecified atom stereocenters. The first-order chi connectivity index (χ1) is 13.9. The number of nitrogens with two attached hydrogens (primary N) is 2. The minimum Gasteiger partial charge on any atom is -0.508 e. The molecule has 0 radical (unpaired) electrons. The van der Waals surface area contributed by atoms with Gasteiger partial charge in [-0.3, -0.25) is 10.7 Å². The fourth-order valence-corrected chi connectivity index (χ4v) is 4.01. The monoisotopic (exact) mass is 394 g/mol. The Morgan fingerprint density at radius 2 is 2.03 bits per heavy atom. The smallest absolute Gasteiger partial charge is 0.239 e. The number of likely N-dealkylation sites (tertiary alicyclic amines) is 1. The maximum Gasteiger partial charge on any atom is 0.239 e. The van der Waals surface area contributed by atoms with E-state index in [4.69, 9.17) is 11.1 Å². The van der Waals surface area contributed by atoms with Crippen molar-refractivity contribution in [2.45, 2.75) is 38.8 Å². The number of nitrogens with zero attached hydrogens (tertiary/aromatic N) is 3. The summed E-state index contributed by atoms with van der Waals surface area (Å²) in [6.45, 7) is 6.60. The Bertz CT molecular complexity index is 1030. The van der Waals surface area contributed by atoms with Crippen LogP contribution in [0.5, 0.6) is 5.75 Å². The topological polar surface area (TPSA) is 132 Å². The first-order valence-electron chi connectivity index (χ1n) is 10.0. The van der Waals surface area contributed by atoms with Crippen molar-refractivity contribution in [2.75, 3.05) is 18.8 Å². The Labute approximate surface area is 169 Å². The number of H-pyrrole nitrogens is 1. The Kier molecular flexibility index (Phi) is 5.21. The van der Waals surface area contributed by atoms with Gasteiger partial charge in [-0.05, 0) is 38.1 Å². The van der Waals surface area contributed by atoms with Crippen molar-refractivity contribution in [1.29, 1.82) is 5.41 Å². The number of phenolic OH excluding ortho intramolecular Hbond substituents is 1. The highest BCUT2D eigenvalue weighted by Crippen LogP contribution is 2.24. The van der Waals surface area contributed by atoms with E-state index in [0.29, 0.717) is 35.0 Å². The average Bonchev–Trinajstić information content (AvgIpc) is 3.11. The number of piperidine rings is 1. The second kappa shape index (κ2) is 7.81. The number of quaternary nitrogens is 1. The highest BCUT2D eigenvalue weighted by atomic mass is 16.3. The Balaban J connectivity index is 1.59. The lowest BCUT2D eigenvalue weighted by atomic mass is 10.0. The number of nitrogens with one attached hydrogen (secondary N) is 2. The molecule has 0 bridgehead atoms. The maximum absolute atomic E-state index is 9.70. The summed E-state index contributed by atoms with van der Waals surface area (Å²) in [6, 6.07) is 7.90. The molecule has 152 valence electrons. The van der Waals surface area contributed by atoms with Crippen LogP contribution in [-0.2, 0) is 0 Å². The van der Waals surface area contributed by atoms with E-state index < -0.39 is 0 Å². The highest BCUT2D eigenvalue weighted by Gasteiger charge is 2.27. The van der Waals surface area contributed by atoms with Crippen LogP contribution in [0.25, 0.3) is 10.9 Å². The largest absolute Gasteiger partial charge is 0.508 e. The number of aromatic amines is 1. The molecule has 1 aliphatic rings. The standard InChI is InChI=1S/C21H27N7O/c1-12(2)28-7-5-14(6-8-28)26-21-18(20(23)24-11-25-21)19(22)17-10-13-9-15(29)3-4-16(13)27-17/h3-4,9-12,14,22,27,29H,5-8H2,1-2H3,(H3,23,24,25,26)/p+1. The number of aromatic hydroxyl groups is 1. The second-order valence-electron chi connectivity index (χ2n) is 7.98. The van der Waals surface area contributed by atoms with Crippen molar-refractivity contribution in [1.82, 2.24) is 19.9 Å². The van der Waals surface area contributed by atoms with Gasteiger partial charge in [-0.15, -0.1) is 0 Å². The molecular formula is C21H28N7O+. The van der Waals surface area contributed by atoms with Crippen molar-refractivity contribution >= 4 is 28.3 Å². The van der Waals surface area contributed by atoms with E-state index in [9.17, 15) is 5.11 Å². The SMILES string of the molecule is CC(C)N1CCC([NH2+]c2ncnc(N)c2C(=N)c2cc3cc(O)ccc3[nH]2)CC1. The molecule has 7 N–H and O–H groups in total. The van der Waals surface area contributed by atoms with E-state index in [1.165, 1.54) is 6.33 Å². The van der Waals surface area contributed by atoms with E-state index >= 15 is 0 Å². The van der Waals surface area contributed by atoms with Crippen LogP contribution in [0.3, 0.4) is 0 Å².